The zero-order valence-corrected chi connectivity index (χ0v) is 19.2. The molecular weight excluding hydrogens is 406 g/mol. The predicted octanol–water partition coefficient (Wildman–Crippen LogP) is 3.05. The SMILES string of the molecule is CCN1C(=O)c2cc(C(=O)Nc3cc(C)cc(C)c3)nn2CC1(C)C(=O)NC1CCCC1. The van der Waals surface area contributed by atoms with Crippen LogP contribution in [0.2, 0.25) is 0 Å². The number of nitrogens with one attached hydrogen (secondary N) is 2. The van der Waals surface area contributed by atoms with Crippen LogP contribution in [0.1, 0.15) is 71.6 Å². The lowest BCUT2D eigenvalue weighted by molar-refractivity contribution is -0.133. The number of nitrogens with zero attached hydrogens (tertiary/aromatic N) is 3. The number of likely N-dealkylation sites (N-methyl/N-ethyl adjacent to an activating group) is 1. The van der Waals surface area contributed by atoms with E-state index in [1.165, 1.54) is 10.7 Å². The zero-order valence-electron chi connectivity index (χ0n) is 19.2. The van der Waals surface area contributed by atoms with E-state index in [0.29, 0.717) is 17.9 Å². The van der Waals surface area contributed by atoms with Crippen LogP contribution in [0.3, 0.4) is 0 Å². The number of hydrogen-bond acceptors (Lipinski definition) is 4. The van der Waals surface area contributed by atoms with E-state index in [9.17, 15) is 14.4 Å². The predicted molar refractivity (Wildman–Crippen MR) is 122 cm³/mol. The van der Waals surface area contributed by atoms with Crippen molar-refractivity contribution in [2.45, 2.75) is 71.5 Å². The van der Waals surface area contributed by atoms with Crippen molar-refractivity contribution in [2.24, 2.45) is 0 Å². The first-order chi connectivity index (χ1) is 15.2. The van der Waals surface area contributed by atoms with E-state index in [0.717, 1.165) is 36.8 Å². The summed E-state index contributed by atoms with van der Waals surface area (Å²) in [5.41, 5.74) is 2.19. The summed E-state index contributed by atoms with van der Waals surface area (Å²) in [6.45, 7) is 8.16. The largest absolute Gasteiger partial charge is 0.351 e. The highest BCUT2D eigenvalue weighted by atomic mass is 16.2. The Morgan fingerprint density at radius 1 is 1.12 bits per heavy atom. The Bertz CT molecular complexity index is 1050. The van der Waals surface area contributed by atoms with Gasteiger partial charge in [0.1, 0.15) is 11.2 Å². The summed E-state index contributed by atoms with van der Waals surface area (Å²) in [5, 5.41) is 10.4. The first-order valence-electron chi connectivity index (χ1n) is 11.3. The minimum absolute atomic E-state index is 0.156. The van der Waals surface area contributed by atoms with Gasteiger partial charge < -0.3 is 15.5 Å². The summed E-state index contributed by atoms with van der Waals surface area (Å²) in [7, 11) is 0. The molecule has 170 valence electrons. The quantitative estimate of drug-likeness (QED) is 0.751. The molecule has 1 unspecified atom stereocenters. The van der Waals surface area contributed by atoms with Gasteiger partial charge in [-0.1, -0.05) is 18.9 Å². The van der Waals surface area contributed by atoms with Gasteiger partial charge in [-0.2, -0.15) is 5.10 Å². The number of hydrogen-bond donors (Lipinski definition) is 2. The van der Waals surface area contributed by atoms with Crippen LogP contribution < -0.4 is 10.6 Å². The minimum atomic E-state index is -1.06. The minimum Gasteiger partial charge on any atom is -0.351 e. The Morgan fingerprint density at radius 2 is 1.78 bits per heavy atom. The van der Waals surface area contributed by atoms with Gasteiger partial charge >= 0.3 is 0 Å². The van der Waals surface area contributed by atoms with Gasteiger partial charge in [-0.3, -0.25) is 19.1 Å². The molecule has 1 aliphatic heterocycles. The number of carbonyl (C=O) groups is 3. The standard InChI is InChI=1S/C24H31N5O3/c1-5-28-22(31)20-13-19(21(30)25-18-11-15(2)10-16(3)12-18)27-29(20)14-24(28,4)23(32)26-17-8-6-7-9-17/h10-13,17H,5-9,14H2,1-4H3,(H,25,30)(H,26,32). The van der Waals surface area contributed by atoms with Gasteiger partial charge in [-0.25, -0.2) is 0 Å². The highest BCUT2D eigenvalue weighted by Gasteiger charge is 2.48. The van der Waals surface area contributed by atoms with Crippen LogP contribution in [0, 0.1) is 13.8 Å². The third-order valence-electron chi connectivity index (χ3n) is 6.51. The molecule has 0 radical (unpaired) electrons. The maximum Gasteiger partial charge on any atom is 0.276 e. The molecule has 1 aromatic heterocycles. The molecule has 2 aromatic rings. The average molecular weight is 438 g/mol. The van der Waals surface area contributed by atoms with Crippen molar-refractivity contribution >= 4 is 23.4 Å². The Labute approximate surface area is 188 Å². The Hall–Kier alpha value is -3.16. The molecule has 32 heavy (non-hydrogen) atoms. The molecule has 2 N–H and O–H groups in total. The number of benzene rings is 1. The topological polar surface area (TPSA) is 96.3 Å². The van der Waals surface area contributed by atoms with Crippen LogP contribution in [0.15, 0.2) is 24.3 Å². The molecule has 2 aliphatic rings. The molecule has 3 amide bonds. The molecule has 0 bridgehead atoms. The van der Waals surface area contributed by atoms with E-state index < -0.39 is 5.54 Å². The van der Waals surface area contributed by atoms with Crippen LogP contribution >= 0.6 is 0 Å². The van der Waals surface area contributed by atoms with E-state index in [4.69, 9.17) is 0 Å². The second-order valence-corrected chi connectivity index (χ2v) is 9.18. The first-order valence-corrected chi connectivity index (χ1v) is 11.3. The zero-order chi connectivity index (χ0) is 23.0. The van der Waals surface area contributed by atoms with Gasteiger partial charge in [-0.05, 0) is 63.8 Å². The van der Waals surface area contributed by atoms with E-state index in [2.05, 4.69) is 15.7 Å². The van der Waals surface area contributed by atoms with Crippen molar-refractivity contribution in [3.63, 3.8) is 0 Å². The maximum atomic E-state index is 13.2. The number of fused-ring (bicyclic) bond motifs is 1. The number of aromatic nitrogens is 2. The molecule has 2 heterocycles. The van der Waals surface area contributed by atoms with Crippen molar-refractivity contribution in [3.05, 3.63) is 46.8 Å². The van der Waals surface area contributed by atoms with Crippen molar-refractivity contribution in [1.82, 2.24) is 20.0 Å². The van der Waals surface area contributed by atoms with Crippen molar-refractivity contribution < 1.29 is 14.4 Å². The van der Waals surface area contributed by atoms with Crippen molar-refractivity contribution in [1.29, 1.82) is 0 Å². The van der Waals surface area contributed by atoms with Gasteiger partial charge in [0.25, 0.3) is 11.8 Å². The van der Waals surface area contributed by atoms with E-state index in [-0.39, 0.29) is 36.0 Å². The van der Waals surface area contributed by atoms with Crippen molar-refractivity contribution in [3.8, 4) is 0 Å². The normalized spacial score (nSPS) is 20.9. The monoisotopic (exact) mass is 437 g/mol. The summed E-state index contributed by atoms with van der Waals surface area (Å²) in [6, 6.07) is 7.47. The molecule has 8 nitrogen and oxygen atoms in total. The summed E-state index contributed by atoms with van der Waals surface area (Å²) in [4.78, 5) is 40.9. The smallest absolute Gasteiger partial charge is 0.276 e. The summed E-state index contributed by atoms with van der Waals surface area (Å²) in [5.74, 6) is -0.840. The molecule has 4 rings (SSSR count). The van der Waals surface area contributed by atoms with Crippen LogP contribution in [-0.2, 0) is 11.3 Å². The van der Waals surface area contributed by atoms with Crippen LogP contribution in [0.4, 0.5) is 5.69 Å². The van der Waals surface area contributed by atoms with Crippen LogP contribution in [-0.4, -0.2) is 50.5 Å². The van der Waals surface area contributed by atoms with Gasteiger partial charge in [0.05, 0.1) is 6.54 Å². The second kappa shape index (κ2) is 8.41. The molecule has 8 heteroatoms. The fourth-order valence-corrected chi connectivity index (χ4v) is 4.90. The molecular formula is C24H31N5O3. The number of amides is 3. The summed E-state index contributed by atoms with van der Waals surface area (Å²) >= 11 is 0. The van der Waals surface area contributed by atoms with Gasteiger partial charge in [0, 0.05) is 24.3 Å². The fourth-order valence-electron chi connectivity index (χ4n) is 4.90. The highest BCUT2D eigenvalue weighted by molar-refractivity contribution is 6.06. The summed E-state index contributed by atoms with van der Waals surface area (Å²) in [6.07, 6.45) is 4.16. The van der Waals surface area contributed by atoms with E-state index in [1.807, 2.05) is 39.0 Å². The average Bonchev–Trinajstić information content (AvgIpc) is 3.37. The number of anilines is 1. The Morgan fingerprint density at radius 3 is 2.41 bits per heavy atom. The molecule has 1 aromatic carbocycles. The molecule has 0 saturated heterocycles. The third-order valence-corrected chi connectivity index (χ3v) is 6.51. The van der Waals surface area contributed by atoms with Crippen molar-refractivity contribution in [2.75, 3.05) is 11.9 Å². The van der Waals surface area contributed by atoms with E-state index >= 15 is 0 Å². The number of rotatable bonds is 5. The number of carbonyl (C=O) groups excluding carboxylic acids is 3. The second-order valence-electron chi connectivity index (χ2n) is 9.18. The van der Waals surface area contributed by atoms with Gasteiger partial charge in [0.15, 0.2) is 5.69 Å². The van der Waals surface area contributed by atoms with Gasteiger partial charge in [-0.15, -0.1) is 0 Å². The Kier molecular flexibility index (Phi) is 5.79. The highest BCUT2D eigenvalue weighted by Crippen LogP contribution is 2.29. The summed E-state index contributed by atoms with van der Waals surface area (Å²) < 4.78 is 1.50. The van der Waals surface area contributed by atoms with Crippen LogP contribution in [0.25, 0.3) is 0 Å². The lowest BCUT2D eigenvalue weighted by Gasteiger charge is -2.43. The number of aryl methyl sites for hydroxylation is 2. The molecule has 1 fully saturated rings. The van der Waals surface area contributed by atoms with Crippen LogP contribution in [0.5, 0.6) is 0 Å². The molecule has 1 aliphatic carbocycles. The third kappa shape index (κ3) is 4.01. The molecule has 1 atom stereocenters. The Balaban J connectivity index is 1.58. The van der Waals surface area contributed by atoms with Gasteiger partial charge in [0.2, 0.25) is 5.91 Å². The lowest BCUT2D eigenvalue weighted by Crippen LogP contribution is -2.64. The first kappa shape index (κ1) is 22.0. The molecule has 1 saturated carbocycles. The maximum absolute atomic E-state index is 13.2. The van der Waals surface area contributed by atoms with E-state index in [1.54, 1.807) is 11.8 Å². The fraction of sp³-hybridized carbons (Fsp3) is 0.500. The lowest BCUT2D eigenvalue weighted by atomic mass is 9.94. The molecule has 0 spiro atoms.